The molecule has 24 heavy (non-hydrogen) atoms. The summed E-state index contributed by atoms with van der Waals surface area (Å²) >= 11 is 0. The number of likely N-dealkylation sites (tertiary alicyclic amines) is 1. The first-order valence-corrected chi connectivity index (χ1v) is 8.66. The molecule has 3 N–H and O–H groups in total. The summed E-state index contributed by atoms with van der Waals surface area (Å²) in [5.74, 6) is 1.84. The van der Waals surface area contributed by atoms with Crippen molar-refractivity contribution in [2.75, 3.05) is 31.5 Å². The Morgan fingerprint density at radius 1 is 1.46 bits per heavy atom. The van der Waals surface area contributed by atoms with Crippen LogP contribution in [0.2, 0.25) is 0 Å². The highest BCUT2D eigenvalue weighted by atomic mass is 16.5. The van der Waals surface area contributed by atoms with Gasteiger partial charge in [-0.3, -0.25) is 5.32 Å². The van der Waals surface area contributed by atoms with Gasteiger partial charge in [0.2, 0.25) is 0 Å². The molecule has 0 bridgehead atoms. The molecule has 0 spiro atoms. The van der Waals surface area contributed by atoms with Crippen LogP contribution in [0.15, 0.2) is 10.6 Å². The van der Waals surface area contributed by atoms with Gasteiger partial charge >= 0.3 is 6.03 Å². The Morgan fingerprint density at radius 3 is 2.71 bits per heavy atom. The highest BCUT2D eigenvalue weighted by Crippen LogP contribution is 2.24. The molecule has 1 aromatic heterocycles. The van der Waals surface area contributed by atoms with Gasteiger partial charge in [-0.05, 0) is 31.8 Å². The zero-order valence-corrected chi connectivity index (χ0v) is 15.1. The van der Waals surface area contributed by atoms with E-state index in [0.29, 0.717) is 18.1 Å². The van der Waals surface area contributed by atoms with Gasteiger partial charge in [0, 0.05) is 24.6 Å². The second kappa shape index (κ2) is 7.98. The molecule has 0 aliphatic carbocycles. The van der Waals surface area contributed by atoms with Gasteiger partial charge in [0.1, 0.15) is 5.76 Å². The molecule has 0 saturated carbocycles. The molecule has 1 aromatic rings. The lowest BCUT2D eigenvalue weighted by Gasteiger charge is -2.31. The number of aromatic nitrogens is 1. The van der Waals surface area contributed by atoms with Crippen molar-refractivity contribution in [2.24, 2.45) is 5.92 Å². The molecule has 1 unspecified atom stereocenters. The fraction of sp³-hybridized carbons (Fsp3) is 0.765. The molecule has 1 saturated heterocycles. The summed E-state index contributed by atoms with van der Waals surface area (Å²) in [6.45, 7) is 11.1. The van der Waals surface area contributed by atoms with E-state index in [1.54, 1.807) is 6.07 Å². The van der Waals surface area contributed by atoms with E-state index in [1.807, 2.05) is 20.8 Å². The SMILES string of the molecule is CC1CCN(CC(O)CNC(=O)Nc2cc(C(C)(C)C)on2)CC1. The predicted molar refractivity (Wildman–Crippen MR) is 93.1 cm³/mol. The number of urea groups is 1. The van der Waals surface area contributed by atoms with Crippen molar-refractivity contribution in [1.29, 1.82) is 0 Å². The van der Waals surface area contributed by atoms with Crippen LogP contribution in [0.3, 0.4) is 0 Å². The normalized spacial score (nSPS) is 18.4. The van der Waals surface area contributed by atoms with Gasteiger partial charge in [0.25, 0.3) is 0 Å². The molecular weight excluding hydrogens is 308 g/mol. The fourth-order valence-corrected chi connectivity index (χ4v) is 2.67. The van der Waals surface area contributed by atoms with Crippen molar-refractivity contribution in [3.63, 3.8) is 0 Å². The van der Waals surface area contributed by atoms with Crippen LogP contribution in [0.25, 0.3) is 0 Å². The predicted octanol–water partition coefficient (Wildman–Crippen LogP) is 2.19. The standard InChI is InChI=1S/C17H30N4O3/c1-12-5-7-21(8-6-12)11-13(22)10-18-16(23)19-15-9-14(24-20-15)17(2,3)4/h9,12-13,22H,5-8,10-11H2,1-4H3,(H2,18,19,20,23). The van der Waals surface area contributed by atoms with E-state index in [0.717, 1.165) is 19.0 Å². The van der Waals surface area contributed by atoms with Crippen molar-refractivity contribution in [1.82, 2.24) is 15.4 Å². The molecule has 136 valence electrons. The summed E-state index contributed by atoms with van der Waals surface area (Å²) in [6, 6.07) is 1.32. The topological polar surface area (TPSA) is 90.6 Å². The van der Waals surface area contributed by atoms with Gasteiger partial charge in [0.05, 0.1) is 6.10 Å². The minimum absolute atomic E-state index is 0.161. The maximum atomic E-state index is 11.9. The van der Waals surface area contributed by atoms with Crippen LogP contribution in [0.5, 0.6) is 0 Å². The summed E-state index contributed by atoms with van der Waals surface area (Å²) < 4.78 is 5.22. The second-order valence-electron chi connectivity index (χ2n) is 7.80. The maximum absolute atomic E-state index is 11.9. The third-order valence-electron chi connectivity index (χ3n) is 4.33. The van der Waals surface area contributed by atoms with E-state index in [1.165, 1.54) is 12.8 Å². The zero-order chi connectivity index (χ0) is 17.7. The van der Waals surface area contributed by atoms with Crippen molar-refractivity contribution >= 4 is 11.8 Å². The number of nitrogens with zero attached hydrogens (tertiary/aromatic N) is 2. The van der Waals surface area contributed by atoms with E-state index in [9.17, 15) is 9.90 Å². The lowest BCUT2D eigenvalue weighted by molar-refractivity contribution is 0.0924. The van der Waals surface area contributed by atoms with Crippen molar-refractivity contribution in [3.05, 3.63) is 11.8 Å². The Hall–Kier alpha value is -1.60. The van der Waals surface area contributed by atoms with Crippen LogP contribution in [-0.2, 0) is 5.41 Å². The highest BCUT2D eigenvalue weighted by molar-refractivity contribution is 5.88. The lowest BCUT2D eigenvalue weighted by atomic mass is 9.93. The van der Waals surface area contributed by atoms with E-state index in [2.05, 4.69) is 27.6 Å². The largest absolute Gasteiger partial charge is 0.390 e. The Morgan fingerprint density at radius 2 is 2.12 bits per heavy atom. The quantitative estimate of drug-likeness (QED) is 0.765. The highest BCUT2D eigenvalue weighted by Gasteiger charge is 2.21. The summed E-state index contributed by atoms with van der Waals surface area (Å²) in [5.41, 5.74) is -0.161. The minimum Gasteiger partial charge on any atom is -0.390 e. The first-order chi connectivity index (χ1) is 11.2. The van der Waals surface area contributed by atoms with Gasteiger partial charge in [-0.15, -0.1) is 0 Å². The number of aliphatic hydroxyl groups excluding tert-OH is 1. The van der Waals surface area contributed by atoms with Gasteiger partial charge < -0.3 is 19.8 Å². The molecule has 2 heterocycles. The van der Waals surface area contributed by atoms with Crippen LogP contribution < -0.4 is 10.6 Å². The van der Waals surface area contributed by atoms with Crippen LogP contribution >= 0.6 is 0 Å². The van der Waals surface area contributed by atoms with Crippen molar-refractivity contribution in [3.8, 4) is 0 Å². The Balaban J connectivity index is 1.70. The number of nitrogens with one attached hydrogen (secondary N) is 2. The Kier molecular flexibility index (Phi) is 6.23. The zero-order valence-electron chi connectivity index (χ0n) is 15.1. The number of carbonyl (C=O) groups is 1. The molecule has 1 fully saturated rings. The third kappa shape index (κ3) is 5.79. The van der Waals surface area contributed by atoms with Crippen molar-refractivity contribution in [2.45, 2.75) is 52.1 Å². The summed E-state index contributed by atoms with van der Waals surface area (Å²) in [4.78, 5) is 14.1. The molecule has 1 atom stereocenters. The average Bonchev–Trinajstić information content (AvgIpc) is 2.96. The molecule has 0 radical (unpaired) electrons. The van der Waals surface area contributed by atoms with E-state index in [4.69, 9.17) is 4.52 Å². The summed E-state index contributed by atoms with van der Waals surface area (Å²) in [5, 5.41) is 19.2. The smallest absolute Gasteiger partial charge is 0.320 e. The van der Waals surface area contributed by atoms with Gasteiger partial charge in [-0.1, -0.05) is 32.9 Å². The van der Waals surface area contributed by atoms with E-state index in [-0.39, 0.29) is 12.0 Å². The van der Waals surface area contributed by atoms with Crippen LogP contribution in [-0.4, -0.2) is 53.5 Å². The maximum Gasteiger partial charge on any atom is 0.320 e. The van der Waals surface area contributed by atoms with E-state index >= 15 is 0 Å². The molecule has 0 aromatic carbocycles. The second-order valence-corrected chi connectivity index (χ2v) is 7.80. The molecule has 1 aliphatic rings. The van der Waals surface area contributed by atoms with Gasteiger partial charge in [-0.2, -0.15) is 0 Å². The number of carbonyl (C=O) groups excluding carboxylic acids is 1. The summed E-state index contributed by atoms with van der Waals surface area (Å²) in [7, 11) is 0. The lowest BCUT2D eigenvalue weighted by Crippen LogP contribution is -2.43. The number of hydrogen-bond acceptors (Lipinski definition) is 5. The Labute approximate surface area is 143 Å². The van der Waals surface area contributed by atoms with Gasteiger partial charge in [0.15, 0.2) is 5.82 Å². The van der Waals surface area contributed by atoms with E-state index < -0.39 is 12.1 Å². The number of anilines is 1. The number of piperidine rings is 1. The Bertz CT molecular complexity index is 530. The molecule has 7 heteroatoms. The van der Waals surface area contributed by atoms with Crippen LogP contribution in [0, 0.1) is 5.92 Å². The number of hydrogen-bond donors (Lipinski definition) is 3. The summed E-state index contributed by atoms with van der Waals surface area (Å²) in [6.07, 6.45) is 1.76. The average molecular weight is 338 g/mol. The number of amides is 2. The monoisotopic (exact) mass is 338 g/mol. The van der Waals surface area contributed by atoms with Crippen LogP contribution in [0.4, 0.5) is 10.6 Å². The number of aliphatic hydroxyl groups is 1. The first-order valence-electron chi connectivity index (χ1n) is 8.66. The minimum atomic E-state index is -0.577. The number of β-amino-alcohol motifs (C(OH)–C–C–N with tert-alkyl or cyclic N) is 1. The molecule has 2 rings (SSSR count). The molecule has 2 amide bonds. The third-order valence-corrected chi connectivity index (χ3v) is 4.33. The van der Waals surface area contributed by atoms with Crippen molar-refractivity contribution < 1.29 is 14.4 Å². The van der Waals surface area contributed by atoms with Gasteiger partial charge in [-0.25, -0.2) is 4.79 Å². The molecule has 1 aliphatic heterocycles. The first kappa shape index (κ1) is 18.7. The number of rotatable bonds is 5. The molecular formula is C17H30N4O3. The fourth-order valence-electron chi connectivity index (χ4n) is 2.67. The van der Waals surface area contributed by atoms with Crippen LogP contribution in [0.1, 0.15) is 46.3 Å². The molecule has 7 nitrogen and oxygen atoms in total.